The molecule has 0 aliphatic heterocycles. The highest BCUT2D eigenvalue weighted by atomic mass is 16.5. The number of unbranched alkanes of at least 4 members (excludes halogenated alkanes) is 3. The highest BCUT2D eigenvalue weighted by molar-refractivity contribution is 5.45. The Balaban J connectivity index is 1.31. The molecule has 1 nitrogen and oxygen atoms in total. The number of ether oxygens (including phenoxy) is 1. The molecule has 0 N–H and O–H groups in total. The van der Waals surface area contributed by atoms with Gasteiger partial charge >= 0.3 is 0 Å². The van der Waals surface area contributed by atoms with Crippen molar-refractivity contribution in [1.29, 1.82) is 0 Å². The summed E-state index contributed by atoms with van der Waals surface area (Å²) in [6, 6.07) is 18.4. The summed E-state index contributed by atoms with van der Waals surface area (Å²) in [4.78, 5) is 0. The van der Waals surface area contributed by atoms with Crippen LogP contribution in [0, 0.1) is 5.92 Å². The van der Waals surface area contributed by atoms with Gasteiger partial charge in [-0.1, -0.05) is 74.2 Å². The number of hydrogen-bond donors (Lipinski definition) is 0. The Morgan fingerprint density at radius 1 is 0.839 bits per heavy atom. The highest BCUT2D eigenvalue weighted by Crippen LogP contribution is 2.46. The summed E-state index contributed by atoms with van der Waals surface area (Å²) in [5.41, 5.74) is 6.55. The van der Waals surface area contributed by atoms with Crippen LogP contribution in [0.3, 0.4) is 0 Å². The third-order valence-corrected chi connectivity index (χ3v) is 7.56. The molecule has 2 aliphatic rings. The van der Waals surface area contributed by atoms with E-state index in [-0.39, 0.29) is 5.60 Å². The normalized spacial score (nSPS) is 23.3. The fraction of sp³-hybridized carbons (Fsp3) is 0.600. The molecule has 2 aromatic rings. The molecule has 31 heavy (non-hydrogen) atoms. The summed E-state index contributed by atoms with van der Waals surface area (Å²) in [5, 5.41) is 0. The predicted octanol–water partition coefficient (Wildman–Crippen LogP) is 8.22. The summed E-state index contributed by atoms with van der Waals surface area (Å²) in [5.74, 6) is 2.37. The van der Waals surface area contributed by atoms with Gasteiger partial charge in [0.25, 0.3) is 0 Å². The fourth-order valence-electron chi connectivity index (χ4n) is 6.02. The highest BCUT2D eigenvalue weighted by Gasteiger charge is 2.33. The van der Waals surface area contributed by atoms with Crippen molar-refractivity contribution in [3.05, 3.63) is 70.8 Å². The minimum atomic E-state index is 0.00648. The maximum atomic E-state index is 5.87. The van der Waals surface area contributed by atoms with Gasteiger partial charge in [0.2, 0.25) is 0 Å². The van der Waals surface area contributed by atoms with Gasteiger partial charge in [-0.05, 0) is 99.3 Å². The number of fused-ring (bicyclic) bond motifs is 1. The third-order valence-electron chi connectivity index (χ3n) is 7.56. The zero-order valence-corrected chi connectivity index (χ0v) is 20.0. The van der Waals surface area contributed by atoms with E-state index < -0.39 is 0 Å². The molecule has 0 heterocycles. The van der Waals surface area contributed by atoms with Crippen molar-refractivity contribution in [3.63, 3.8) is 0 Å². The van der Waals surface area contributed by atoms with E-state index in [0.717, 1.165) is 18.4 Å². The Hall–Kier alpha value is -1.60. The first kappa shape index (κ1) is 22.6. The standard InChI is InChI=1S/C30H42O/c1-30(2,3)31-20-10-5-4-7-15-24-16-11-18-27(24)28-19-12-17-25-21-26(22-29(25)28)23-13-8-6-9-14-23/h6,8-9,12-14,17,19,24,26-27H,4-5,7,10-11,15-16,18,20-22H2,1-3H3. The average Bonchev–Trinajstić information content (AvgIpc) is 3.39. The smallest absolute Gasteiger partial charge is 0.0598 e. The van der Waals surface area contributed by atoms with Gasteiger partial charge in [-0.3, -0.25) is 0 Å². The van der Waals surface area contributed by atoms with Gasteiger partial charge in [-0.25, -0.2) is 0 Å². The molecular formula is C30H42O. The van der Waals surface area contributed by atoms with E-state index in [0.29, 0.717) is 5.92 Å². The van der Waals surface area contributed by atoms with Crippen LogP contribution in [-0.4, -0.2) is 12.2 Å². The second kappa shape index (κ2) is 10.3. The van der Waals surface area contributed by atoms with E-state index in [1.54, 1.807) is 16.7 Å². The second-order valence-corrected chi connectivity index (χ2v) is 11.0. The summed E-state index contributed by atoms with van der Waals surface area (Å²) in [7, 11) is 0. The molecule has 2 aromatic carbocycles. The van der Waals surface area contributed by atoms with Crippen molar-refractivity contribution >= 4 is 0 Å². The van der Waals surface area contributed by atoms with Gasteiger partial charge in [0.05, 0.1) is 5.60 Å². The molecule has 0 saturated heterocycles. The molecular weight excluding hydrogens is 376 g/mol. The Bertz CT molecular complexity index is 816. The maximum Gasteiger partial charge on any atom is 0.0598 e. The van der Waals surface area contributed by atoms with Crippen LogP contribution in [0.2, 0.25) is 0 Å². The molecule has 1 heteroatoms. The lowest BCUT2D eigenvalue weighted by atomic mass is 9.82. The monoisotopic (exact) mass is 418 g/mol. The minimum Gasteiger partial charge on any atom is -0.376 e. The van der Waals surface area contributed by atoms with Crippen molar-refractivity contribution in [1.82, 2.24) is 0 Å². The molecule has 3 atom stereocenters. The summed E-state index contributed by atoms with van der Waals surface area (Å²) >= 11 is 0. The van der Waals surface area contributed by atoms with Crippen LogP contribution in [0.5, 0.6) is 0 Å². The molecule has 0 radical (unpaired) electrons. The van der Waals surface area contributed by atoms with Crippen LogP contribution in [0.25, 0.3) is 0 Å². The van der Waals surface area contributed by atoms with Crippen LogP contribution >= 0.6 is 0 Å². The van der Waals surface area contributed by atoms with Gasteiger partial charge in [0, 0.05) is 6.61 Å². The SMILES string of the molecule is CC(C)(C)OCCCCCCC1CCCC1c1cccc2c1CC(c1ccccc1)C2. The van der Waals surface area contributed by atoms with Crippen LogP contribution < -0.4 is 0 Å². The first-order valence-electron chi connectivity index (χ1n) is 12.8. The van der Waals surface area contributed by atoms with Crippen molar-refractivity contribution in [2.45, 2.75) is 102 Å². The van der Waals surface area contributed by atoms with E-state index in [4.69, 9.17) is 4.74 Å². The van der Waals surface area contributed by atoms with Crippen LogP contribution in [0.1, 0.15) is 106 Å². The van der Waals surface area contributed by atoms with E-state index in [1.165, 1.54) is 69.8 Å². The van der Waals surface area contributed by atoms with Crippen LogP contribution in [-0.2, 0) is 17.6 Å². The molecule has 2 aliphatic carbocycles. The second-order valence-electron chi connectivity index (χ2n) is 11.0. The summed E-state index contributed by atoms with van der Waals surface area (Å²) in [6.07, 6.45) is 13.4. The van der Waals surface area contributed by atoms with Gasteiger partial charge in [0.15, 0.2) is 0 Å². The minimum absolute atomic E-state index is 0.00648. The Morgan fingerprint density at radius 2 is 1.65 bits per heavy atom. The number of benzene rings is 2. The maximum absolute atomic E-state index is 5.87. The van der Waals surface area contributed by atoms with Crippen molar-refractivity contribution in [2.24, 2.45) is 5.92 Å². The predicted molar refractivity (Wildman–Crippen MR) is 132 cm³/mol. The molecule has 0 bridgehead atoms. The topological polar surface area (TPSA) is 9.23 Å². The lowest BCUT2D eigenvalue weighted by molar-refractivity contribution is -0.00476. The molecule has 168 valence electrons. The Labute approximate surface area is 190 Å². The quantitative estimate of drug-likeness (QED) is 0.373. The Kier molecular flexibility index (Phi) is 7.54. The molecule has 0 spiro atoms. The van der Waals surface area contributed by atoms with E-state index in [2.05, 4.69) is 69.3 Å². The molecule has 1 fully saturated rings. The van der Waals surface area contributed by atoms with Crippen molar-refractivity contribution in [3.8, 4) is 0 Å². The lowest BCUT2D eigenvalue weighted by Gasteiger charge is -2.23. The molecule has 3 unspecified atom stereocenters. The molecule has 4 rings (SSSR count). The summed E-state index contributed by atoms with van der Waals surface area (Å²) in [6.45, 7) is 7.36. The van der Waals surface area contributed by atoms with Gasteiger partial charge in [0.1, 0.15) is 0 Å². The molecule has 1 saturated carbocycles. The average molecular weight is 419 g/mol. The first-order valence-corrected chi connectivity index (χ1v) is 12.8. The summed E-state index contributed by atoms with van der Waals surface area (Å²) < 4.78 is 5.87. The molecule has 0 amide bonds. The zero-order chi connectivity index (χ0) is 21.7. The van der Waals surface area contributed by atoms with Crippen LogP contribution in [0.4, 0.5) is 0 Å². The Morgan fingerprint density at radius 3 is 2.45 bits per heavy atom. The molecule has 0 aromatic heterocycles. The fourth-order valence-corrected chi connectivity index (χ4v) is 6.02. The van der Waals surface area contributed by atoms with E-state index in [9.17, 15) is 0 Å². The lowest BCUT2D eigenvalue weighted by Crippen LogP contribution is -2.19. The number of hydrogen-bond acceptors (Lipinski definition) is 1. The third kappa shape index (κ3) is 6.01. The van der Waals surface area contributed by atoms with E-state index >= 15 is 0 Å². The zero-order valence-electron chi connectivity index (χ0n) is 20.0. The first-order chi connectivity index (χ1) is 15.0. The van der Waals surface area contributed by atoms with E-state index in [1.807, 2.05) is 0 Å². The van der Waals surface area contributed by atoms with Gasteiger partial charge in [-0.2, -0.15) is 0 Å². The number of rotatable bonds is 9. The van der Waals surface area contributed by atoms with Gasteiger partial charge < -0.3 is 4.74 Å². The largest absolute Gasteiger partial charge is 0.376 e. The van der Waals surface area contributed by atoms with Crippen molar-refractivity contribution in [2.75, 3.05) is 6.61 Å². The van der Waals surface area contributed by atoms with Crippen molar-refractivity contribution < 1.29 is 4.74 Å². The van der Waals surface area contributed by atoms with Gasteiger partial charge in [-0.15, -0.1) is 0 Å². The van der Waals surface area contributed by atoms with Crippen LogP contribution in [0.15, 0.2) is 48.5 Å².